The topological polar surface area (TPSA) is 45.4 Å². The lowest BCUT2D eigenvalue weighted by Gasteiger charge is -2.26. The van der Waals surface area contributed by atoms with Crippen molar-refractivity contribution in [2.75, 3.05) is 40.8 Å². The van der Waals surface area contributed by atoms with Gasteiger partial charge in [-0.2, -0.15) is 0 Å². The summed E-state index contributed by atoms with van der Waals surface area (Å²) in [6.45, 7) is 2.75. The average molecular weight is 236 g/mol. The Kier molecular flexibility index (Phi) is 6.11. The van der Waals surface area contributed by atoms with Crippen molar-refractivity contribution in [3.8, 4) is 0 Å². The van der Waals surface area contributed by atoms with Crippen LogP contribution in [-0.2, 0) is 0 Å². The number of hydrogen-bond acceptors (Lipinski definition) is 4. The largest absolute Gasteiger partial charge is 0.329 e. The lowest BCUT2D eigenvalue weighted by molar-refractivity contribution is 0.231. The number of aromatic nitrogens is 1. The number of nitrogens with zero attached hydrogens (tertiary/aromatic N) is 3. The number of rotatable bonds is 7. The molecule has 0 bridgehead atoms. The molecule has 0 aliphatic heterocycles. The molecule has 0 aliphatic carbocycles. The van der Waals surface area contributed by atoms with Crippen LogP contribution in [0.5, 0.6) is 0 Å². The minimum absolute atomic E-state index is 0.221. The van der Waals surface area contributed by atoms with Gasteiger partial charge in [0.25, 0.3) is 0 Å². The molecule has 96 valence electrons. The molecule has 0 amide bonds. The van der Waals surface area contributed by atoms with E-state index >= 15 is 0 Å². The molecule has 2 N–H and O–H groups in total. The molecule has 0 fully saturated rings. The van der Waals surface area contributed by atoms with Crippen LogP contribution in [0, 0.1) is 0 Å². The Morgan fingerprint density at radius 2 is 2.00 bits per heavy atom. The standard InChI is InChI=1S/C13H24N4/c1-16(2)9-6-10-17(3)13(11-14)12-7-4-5-8-15-12/h4-5,7-8,13H,6,9-11,14H2,1-3H3. The quantitative estimate of drug-likeness (QED) is 0.766. The van der Waals surface area contributed by atoms with E-state index in [2.05, 4.69) is 35.9 Å². The van der Waals surface area contributed by atoms with E-state index in [4.69, 9.17) is 5.73 Å². The van der Waals surface area contributed by atoms with Crippen LogP contribution >= 0.6 is 0 Å². The molecule has 0 saturated heterocycles. The van der Waals surface area contributed by atoms with Crippen LogP contribution in [0.1, 0.15) is 18.2 Å². The molecule has 1 heterocycles. The second-order valence-corrected chi connectivity index (χ2v) is 4.64. The highest BCUT2D eigenvalue weighted by atomic mass is 15.2. The molecular weight excluding hydrogens is 212 g/mol. The molecule has 1 rings (SSSR count). The van der Waals surface area contributed by atoms with E-state index in [1.54, 1.807) is 0 Å². The second kappa shape index (κ2) is 7.37. The minimum atomic E-state index is 0.221. The van der Waals surface area contributed by atoms with Crippen molar-refractivity contribution < 1.29 is 0 Å². The molecular formula is C13H24N4. The van der Waals surface area contributed by atoms with Crippen molar-refractivity contribution in [1.82, 2.24) is 14.8 Å². The van der Waals surface area contributed by atoms with Crippen molar-refractivity contribution in [3.63, 3.8) is 0 Å². The summed E-state index contributed by atoms with van der Waals surface area (Å²) in [5.41, 5.74) is 6.90. The maximum atomic E-state index is 5.85. The minimum Gasteiger partial charge on any atom is -0.329 e. The van der Waals surface area contributed by atoms with Gasteiger partial charge in [-0.3, -0.25) is 9.88 Å². The predicted molar refractivity (Wildman–Crippen MR) is 71.8 cm³/mol. The highest BCUT2D eigenvalue weighted by Crippen LogP contribution is 2.15. The summed E-state index contributed by atoms with van der Waals surface area (Å²) in [7, 11) is 6.31. The lowest BCUT2D eigenvalue weighted by atomic mass is 10.1. The highest BCUT2D eigenvalue weighted by Gasteiger charge is 2.15. The van der Waals surface area contributed by atoms with E-state index in [1.165, 1.54) is 0 Å². The molecule has 0 aromatic carbocycles. The van der Waals surface area contributed by atoms with Gasteiger partial charge in [0.15, 0.2) is 0 Å². The number of likely N-dealkylation sites (N-methyl/N-ethyl adjacent to an activating group) is 1. The Labute approximate surface area is 104 Å². The van der Waals surface area contributed by atoms with Gasteiger partial charge in [-0.1, -0.05) is 6.07 Å². The zero-order chi connectivity index (χ0) is 12.7. The molecule has 0 saturated carbocycles. The fourth-order valence-corrected chi connectivity index (χ4v) is 1.89. The van der Waals surface area contributed by atoms with Gasteiger partial charge in [-0.15, -0.1) is 0 Å². The first-order valence-electron chi connectivity index (χ1n) is 6.11. The van der Waals surface area contributed by atoms with Crippen LogP contribution in [0.2, 0.25) is 0 Å². The first kappa shape index (κ1) is 14.1. The fourth-order valence-electron chi connectivity index (χ4n) is 1.89. The van der Waals surface area contributed by atoms with E-state index < -0.39 is 0 Å². The normalized spacial score (nSPS) is 13.3. The van der Waals surface area contributed by atoms with E-state index in [-0.39, 0.29) is 6.04 Å². The Morgan fingerprint density at radius 1 is 1.24 bits per heavy atom. The van der Waals surface area contributed by atoms with Gasteiger partial charge in [0.1, 0.15) is 0 Å². The van der Waals surface area contributed by atoms with E-state index in [0.717, 1.165) is 25.2 Å². The molecule has 0 radical (unpaired) electrons. The molecule has 1 aromatic heterocycles. The van der Waals surface area contributed by atoms with Crippen LogP contribution in [-0.4, -0.2) is 55.6 Å². The summed E-state index contributed by atoms with van der Waals surface area (Å²) in [4.78, 5) is 8.87. The van der Waals surface area contributed by atoms with E-state index in [9.17, 15) is 0 Å². The Bertz CT molecular complexity index is 300. The lowest BCUT2D eigenvalue weighted by Crippen LogP contribution is -2.33. The molecule has 1 aromatic rings. The van der Waals surface area contributed by atoms with Gasteiger partial charge in [-0.25, -0.2) is 0 Å². The molecule has 17 heavy (non-hydrogen) atoms. The van der Waals surface area contributed by atoms with E-state index in [1.807, 2.05) is 24.4 Å². The summed E-state index contributed by atoms with van der Waals surface area (Å²) < 4.78 is 0. The van der Waals surface area contributed by atoms with Crippen molar-refractivity contribution in [1.29, 1.82) is 0 Å². The Balaban J connectivity index is 2.50. The molecule has 0 spiro atoms. The SMILES string of the molecule is CN(C)CCCN(C)C(CN)c1ccccn1. The van der Waals surface area contributed by atoms with Crippen molar-refractivity contribution in [2.24, 2.45) is 5.73 Å². The number of hydrogen-bond donors (Lipinski definition) is 1. The van der Waals surface area contributed by atoms with Gasteiger partial charge in [0.05, 0.1) is 11.7 Å². The van der Waals surface area contributed by atoms with Gasteiger partial charge in [0, 0.05) is 12.7 Å². The number of pyridine rings is 1. The van der Waals surface area contributed by atoms with Crippen molar-refractivity contribution in [2.45, 2.75) is 12.5 Å². The van der Waals surface area contributed by atoms with Gasteiger partial charge >= 0.3 is 0 Å². The van der Waals surface area contributed by atoms with E-state index in [0.29, 0.717) is 6.54 Å². The van der Waals surface area contributed by atoms with Gasteiger partial charge in [0.2, 0.25) is 0 Å². The summed E-state index contributed by atoms with van der Waals surface area (Å²) in [5.74, 6) is 0. The molecule has 1 atom stereocenters. The smallest absolute Gasteiger partial charge is 0.0642 e. The van der Waals surface area contributed by atoms with Crippen LogP contribution in [0.4, 0.5) is 0 Å². The first-order chi connectivity index (χ1) is 8.15. The predicted octanol–water partition coefficient (Wildman–Crippen LogP) is 0.965. The fraction of sp³-hybridized carbons (Fsp3) is 0.615. The van der Waals surface area contributed by atoms with Crippen molar-refractivity contribution in [3.05, 3.63) is 30.1 Å². The summed E-state index contributed by atoms with van der Waals surface area (Å²) >= 11 is 0. The zero-order valence-electron chi connectivity index (χ0n) is 11.1. The van der Waals surface area contributed by atoms with Gasteiger partial charge < -0.3 is 10.6 Å². The zero-order valence-corrected chi connectivity index (χ0v) is 11.1. The third-order valence-corrected chi connectivity index (χ3v) is 2.90. The maximum Gasteiger partial charge on any atom is 0.0642 e. The van der Waals surface area contributed by atoms with Crippen LogP contribution in [0.15, 0.2) is 24.4 Å². The van der Waals surface area contributed by atoms with Crippen LogP contribution in [0.25, 0.3) is 0 Å². The van der Waals surface area contributed by atoms with Crippen LogP contribution in [0.3, 0.4) is 0 Å². The molecule has 4 nitrogen and oxygen atoms in total. The van der Waals surface area contributed by atoms with Crippen LogP contribution < -0.4 is 5.73 Å². The second-order valence-electron chi connectivity index (χ2n) is 4.64. The summed E-state index contributed by atoms with van der Waals surface area (Å²) in [5, 5.41) is 0. The van der Waals surface area contributed by atoms with Crippen molar-refractivity contribution >= 4 is 0 Å². The molecule has 0 aliphatic rings. The summed E-state index contributed by atoms with van der Waals surface area (Å²) in [6.07, 6.45) is 2.97. The third-order valence-electron chi connectivity index (χ3n) is 2.90. The average Bonchev–Trinajstić information content (AvgIpc) is 2.31. The molecule has 4 heteroatoms. The Morgan fingerprint density at radius 3 is 2.53 bits per heavy atom. The third kappa shape index (κ3) is 4.81. The molecule has 1 unspecified atom stereocenters. The Hall–Kier alpha value is -0.970. The number of nitrogens with two attached hydrogens (primary N) is 1. The maximum absolute atomic E-state index is 5.85. The highest BCUT2D eigenvalue weighted by molar-refractivity contribution is 5.09. The van der Waals surface area contributed by atoms with Gasteiger partial charge in [-0.05, 0) is 52.8 Å². The summed E-state index contributed by atoms with van der Waals surface area (Å²) in [6, 6.07) is 6.21. The first-order valence-corrected chi connectivity index (χ1v) is 6.11. The monoisotopic (exact) mass is 236 g/mol.